The average molecular weight is 712 g/mol. The van der Waals surface area contributed by atoms with E-state index >= 15 is 0 Å². The number of pyridine rings is 2. The third kappa shape index (κ3) is 8.35. The predicted molar refractivity (Wildman–Crippen MR) is 179 cm³/mol. The van der Waals surface area contributed by atoms with Crippen molar-refractivity contribution >= 4 is 40.7 Å². The second kappa shape index (κ2) is 13.1. The van der Waals surface area contributed by atoms with E-state index in [2.05, 4.69) is 57.8 Å². The van der Waals surface area contributed by atoms with Gasteiger partial charge in [0.2, 0.25) is 0 Å². The van der Waals surface area contributed by atoms with Crippen molar-refractivity contribution in [3.05, 3.63) is 66.1 Å². The highest BCUT2D eigenvalue weighted by atomic mass is 32.2. The van der Waals surface area contributed by atoms with Gasteiger partial charge < -0.3 is 13.2 Å². The van der Waals surface area contributed by atoms with Crippen molar-refractivity contribution in [3.8, 4) is 22.8 Å². The fourth-order valence-electron chi connectivity index (χ4n) is 4.05. The molecule has 1 unspecified atom stereocenters. The first kappa shape index (κ1) is 36.8. The van der Waals surface area contributed by atoms with Gasteiger partial charge >= 0.3 is 15.6 Å². The van der Waals surface area contributed by atoms with Gasteiger partial charge in [0.1, 0.15) is 4.75 Å². The van der Waals surface area contributed by atoms with Crippen LogP contribution >= 0.6 is 0 Å². The van der Waals surface area contributed by atoms with Gasteiger partial charge in [-0.1, -0.05) is 32.9 Å². The predicted octanol–water partition coefficient (Wildman–Crippen LogP) is 7.35. The molecule has 0 aliphatic heterocycles. The molecule has 2 atom stereocenters. The highest BCUT2D eigenvalue weighted by molar-refractivity contribution is 7.90. The van der Waals surface area contributed by atoms with Crippen LogP contribution in [-0.4, -0.2) is 51.3 Å². The Balaban J connectivity index is 1.81. The van der Waals surface area contributed by atoms with E-state index in [0.717, 1.165) is 0 Å². The first-order valence-electron chi connectivity index (χ1n) is 14.8. The van der Waals surface area contributed by atoms with Gasteiger partial charge in [-0.05, 0) is 82.2 Å². The zero-order valence-corrected chi connectivity index (χ0v) is 30.4. The van der Waals surface area contributed by atoms with Crippen molar-refractivity contribution in [1.82, 2.24) is 24.5 Å². The van der Waals surface area contributed by atoms with E-state index in [0.29, 0.717) is 22.9 Å². The maximum Gasteiger partial charge on any atom is 0.534 e. The largest absolute Gasteiger partial charge is 0.598 e. The standard InChI is InChI=1S/C31H40F3N5O5S2Si/c1-20(38-45(40)29(2,3)4)24-13-11-14-25(37-24)21-16-26-23(27(17-21)44-46(41,42)31(32,33)34)18-35-39(26)28-15-10-12-22(36-28)19-43-47(8,9)30(5,6)7/h10-18,20,38H,19H2,1-9H3/t20-,45?/m0/s1. The monoisotopic (exact) mass is 711 g/mol. The Morgan fingerprint density at radius 3 is 2.30 bits per heavy atom. The molecule has 47 heavy (non-hydrogen) atoms. The summed E-state index contributed by atoms with van der Waals surface area (Å²) in [7, 11) is -8.11. The van der Waals surface area contributed by atoms with Crippen molar-refractivity contribution < 1.29 is 34.8 Å². The quantitative estimate of drug-likeness (QED) is 0.0777. The van der Waals surface area contributed by atoms with Crippen LogP contribution in [0, 0.1) is 0 Å². The normalized spacial score (nSPS) is 14.7. The van der Waals surface area contributed by atoms with Gasteiger partial charge in [0.05, 0.1) is 46.8 Å². The molecule has 4 aromatic rings. The maximum absolute atomic E-state index is 13.4. The number of fused-ring (bicyclic) bond motifs is 1. The summed E-state index contributed by atoms with van der Waals surface area (Å²) in [5.74, 6) is -0.243. The van der Waals surface area contributed by atoms with E-state index in [1.165, 1.54) is 16.9 Å². The van der Waals surface area contributed by atoms with Gasteiger partial charge in [-0.15, -0.1) is 4.72 Å². The molecule has 4 rings (SSSR count). The Kier molecular flexibility index (Phi) is 10.3. The fraction of sp³-hybridized carbons (Fsp3) is 0.452. The number of hydrogen-bond acceptors (Lipinski definition) is 9. The zero-order chi connectivity index (χ0) is 35.2. The second-order valence-corrected chi connectivity index (χ2v) is 22.0. The minimum atomic E-state index is -6.02. The van der Waals surface area contributed by atoms with Gasteiger partial charge in [-0.2, -0.15) is 26.7 Å². The molecule has 0 radical (unpaired) electrons. The average Bonchev–Trinajstić information content (AvgIpc) is 3.39. The van der Waals surface area contributed by atoms with Gasteiger partial charge in [0, 0.05) is 16.9 Å². The van der Waals surface area contributed by atoms with Crippen molar-refractivity contribution in [2.45, 2.75) is 89.5 Å². The van der Waals surface area contributed by atoms with E-state index in [9.17, 15) is 26.1 Å². The molecule has 16 heteroatoms. The molecule has 0 saturated heterocycles. The smallest absolute Gasteiger partial charge is 0.534 e. The van der Waals surface area contributed by atoms with E-state index < -0.39 is 51.8 Å². The Labute approximate surface area is 277 Å². The van der Waals surface area contributed by atoms with Crippen LogP contribution in [0.25, 0.3) is 28.0 Å². The summed E-state index contributed by atoms with van der Waals surface area (Å²) < 4.78 is 92.1. The van der Waals surface area contributed by atoms with E-state index in [4.69, 9.17) is 4.43 Å². The number of alkyl halides is 3. The number of rotatable bonds is 10. The lowest BCUT2D eigenvalue weighted by Gasteiger charge is -2.36. The zero-order valence-electron chi connectivity index (χ0n) is 27.8. The van der Waals surface area contributed by atoms with Crippen LogP contribution in [-0.2, 0) is 32.5 Å². The van der Waals surface area contributed by atoms with E-state index in [-0.39, 0.29) is 28.1 Å². The van der Waals surface area contributed by atoms with Crippen LogP contribution in [0.1, 0.15) is 65.9 Å². The molecular formula is C31H40F3N5O5S2Si. The number of aromatic nitrogens is 4. The Morgan fingerprint density at radius 2 is 1.68 bits per heavy atom. The molecule has 3 heterocycles. The van der Waals surface area contributed by atoms with Gasteiger partial charge in [-0.3, -0.25) is 4.98 Å². The lowest BCUT2D eigenvalue weighted by Crippen LogP contribution is -2.40. The maximum atomic E-state index is 13.4. The summed E-state index contributed by atoms with van der Waals surface area (Å²) in [5, 5.41) is 4.34. The molecule has 256 valence electrons. The topological polar surface area (TPSA) is 131 Å². The van der Waals surface area contributed by atoms with E-state index in [1.54, 1.807) is 49.4 Å². The van der Waals surface area contributed by atoms with Crippen molar-refractivity contribution in [3.63, 3.8) is 0 Å². The summed E-state index contributed by atoms with van der Waals surface area (Å²) >= 11 is -1.40. The third-order valence-corrected chi connectivity index (χ3v) is 15.0. The Morgan fingerprint density at radius 1 is 1.02 bits per heavy atom. The number of halogens is 3. The molecule has 0 bridgehead atoms. The molecule has 3 aromatic heterocycles. The Bertz CT molecular complexity index is 1850. The molecule has 0 amide bonds. The minimum absolute atomic E-state index is 0.0121. The highest BCUT2D eigenvalue weighted by Crippen LogP contribution is 2.38. The number of nitrogens with zero attached hydrogens (tertiary/aromatic N) is 4. The van der Waals surface area contributed by atoms with Crippen molar-refractivity contribution in [2.24, 2.45) is 0 Å². The summed E-state index contributed by atoms with van der Waals surface area (Å²) in [4.78, 5) is 9.34. The number of nitrogens with one attached hydrogen (secondary N) is 1. The summed E-state index contributed by atoms with van der Waals surface area (Å²) in [5.41, 5.74) is -3.73. The van der Waals surface area contributed by atoms with Gasteiger partial charge in [0.25, 0.3) is 0 Å². The second-order valence-electron chi connectivity index (χ2n) is 13.7. The molecule has 0 saturated carbocycles. The van der Waals surface area contributed by atoms with Crippen LogP contribution in [0.2, 0.25) is 18.1 Å². The van der Waals surface area contributed by atoms with Crippen LogP contribution in [0.4, 0.5) is 13.2 Å². The summed E-state index contributed by atoms with van der Waals surface area (Å²) in [6.07, 6.45) is 1.22. The third-order valence-electron chi connectivity index (χ3n) is 7.88. The molecule has 10 nitrogen and oxygen atoms in total. The molecular weight excluding hydrogens is 672 g/mol. The molecule has 0 aliphatic rings. The number of benzene rings is 1. The lowest BCUT2D eigenvalue weighted by molar-refractivity contribution is -0.0499. The summed E-state index contributed by atoms with van der Waals surface area (Å²) in [6, 6.07) is 12.6. The minimum Gasteiger partial charge on any atom is -0.598 e. The fourth-order valence-corrected chi connectivity index (χ4v) is 6.25. The van der Waals surface area contributed by atoms with Crippen LogP contribution in [0.15, 0.2) is 54.7 Å². The van der Waals surface area contributed by atoms with Crippen LogP contribution < -0.4 is 8.91 Å². The van der Waals surface area contributed by atoms with E-state index in [1.807, 2.05) is 20.8 Å². The highest BCUT2D eigenvalue weighted by Gasteiger charge is 2.49. The lowest BCUT2D eigenvalue weighted by atomic mass is 10.1. The van der Waals surface area contributed by atoms with Gasteiger partial charge in [-0.25, -0.2) is 9.67 Å². The van der Waals surface area contributed by atoms with Crippen molar-refractivity contribution in [1.29, 1.82) is 0 Å². The molecule has 0 fully saturated rings. The first-order chi connectivity index (χ1) is 21.5. The molecule has 0 spiro atoms. The van der Waals surface area contributed by atoms with Gasteiger partial charge in [0.15, 0.2) is 19.9 Å². The Hall–Kier alpha value is -3.02. The van der Waals surface area contributed by atoms with Crippen molar-refractivity contribution in [2.75, 3.05) is 0 Å². The van der Waals surface area contributed by atoms with Crippen LogP contribution in [0.3, 0.4) is 0 Å². The molecule has 1 N–H and O–H groups in total. The SMILES string of the molecule is C[C@H](N[S+]([O-])C(C)(C)C)c1cccc(-c2cc(OS(=O)(=O)C(F)(F)F)c3cnn(-c4cccc(CO[Si](C)(C)C(C)(C)C)n4)c3c2)n1. The molecule has 0 aliphatic carbocycles. The first-order valence-corrected chi connectivity index (χ1v) is 20.2. The van der Waals surface area contributed by atoms with Crippen LogP contribution in [0.5, 0.6) is 5.75 Å². The number of hydrogen-bond donors (Lipinski definition) is 1. The molecule has 1 aromatic carbocycles. The summed E-state index contributed by atoms with van der Waals surface area (Å²) in [6.45, 7) is 18.1.